The Kier molecular flexibility index (Phi) is 3.69. The fraction of sp³-hybridized carbons (Fsp3) is 0.222. The van der Waals surface area contributed by atoms with Gasteiger partial charge in [-0.25, -0.2) is 9.37 Å². The summed E-state index contributed by atoms with van der Waals surface area (Å²) in [5, 5.41) is 3.72. The fourth-order valence-corrected chi connectivity index (χ4v) is 3.85. The summed E-state index contributed by atoms with van der Waals surface area (Å²) >= 11 is 1.65. The molecule has 0 spiro atoms. The first-order valence-corrected chi connectivity index (χ1v) is 8.59. The summed E-state index contributed by atoms with van der Waals surface area (Å²) in [6.07, 6.45) is 0. The van der Waals surface area contributed by atoms with Gasteiger partial charge in [-0.05, 0) is 42.8 Å². The number of carbonyl (C=O) groups excluding carboxylic acids is 1. The maximum Gasteiger partial charge on any atom is 0.231 e. The summed E-state index contributed by atoms with van der Waals surface area (Å²) in [4.78, 5) is 19.0. The molecule has 1 saturated heterocycles. The van der Waals surface area contributed by atoms with Crippen molar-refractivity contribution in [2.24, 2.45) is 5.92 Å². The van der Waals surface area contributed by atoms with Gasteiger partial charge in [0.2, 0.25) is 5.91 Å². The van der Waals surface area contributed by atoms with Crippen molar-refractivity contribution >= 4 is 38.3 Å². The second-order valence-corrected chi connectivity index (χ2v) is 7.08. The number of hydrogen-bond acceptors (Lipinski definition) is 4. The number of aromatic nitrogens is 1. The van der Waals surface area contributed by atoms with Gasteiger partial charge in [-0.2, -0.15) is 0 Å². The summed E-state index contributed by atoms with van der Waals surface area (Å²) in [7, 11) is 0. The molecule has 0 aliphatic carbocycles. The third kappa shape index (κ3) is 2.85. The highest BCUT2D eigenvalue weighted by Crippen LogP contribution is 2.33. The van der Waals surface area contributed by atoms with Crippen LogP contribution in [0.15, 0.2) is 42.5 Å². The largest absolute Gasteiger partial charge is 0.346 e. The number of anilines is 2. The van der Waals surface area contributed by atoms with E-state index in [1.165, 1.54) is 17.7 Å². The molecule has 0 radical (unpaired) electrons. The summed E-state index contributed by atoms with van der Waals surface area (Å²) < 4.78 is 14.3. The van der Waals surface area contributed by atoms with Crippen LogP contribution in [-0.4, -0.2) is 24.0 Å². The van der Waals surface area contributed by atoms with Gasteiger partial charge < -0.3 is 10.2 Å². The predicted molar refractivity (Wildman–Crippen MR) is 95.1 cm³/mol. The van der Waals surface area contributed by atoms with Crippen LogP contribution in [0.5, 0.6) is 0 Å². The summed E-state index contributed by atoms with van der Waals surface area (Å²) in [6.45, 7) is 3.34. The number of benzene rings is 2. The van der Waals surface area contributed by atoms with Crippen molar-refractivity contribution in [3.63, 3.8) is 0 Å². The molecule has 2 heterocycles. The molecule has 6 heteroatoms. The van der Waals surface area contributed by atoms with Crippen LogP contribution in [0, 0.1) is 18.7 Å². The molecule has 1 aromatic heterocycles. The van der Waals surface area contributed by atoms with E-state index in [2.05, 4.69) is 34.3 Å². The Hall–Kier alpha value is -2.47. The van der Waals surface area contributed by atoms with Gasteiger partial charge in [0, 0.05) is 18.8 Å². The third-order valence-corrected chi connectivity index (χ3v) is 5.23. The Balaban J connectivity index is 1.40. The number of nitrogens with zero attached hydrogens (tertiary/aromatic N) is 2. The molecule has 1 aliphatic heterocycles. The fourth-order valence-electron chi connectivity index (χ4n) is 2.77. The maximum absolute atomic E-state index is 13.2. The van der Waals surface area contributed by atoms with Gasteiger partial charge in [0.05, 0.1) is 16.1 Å². The quantitative estimate of drug-likeness (QED) is 0.788. The minimum Gasteiger partial charge on any atom is -0.346 e. The lowest BCUT2D eigenvalue weighted by Crippen LogP contribution is -2.52. The first kappa shape index (κ1) is 15.1. The minimum absolute atomic E-state index is 0.0752. The van der Waals surface area contributed by atoms with Crippen molar-refractivity contribution in [1.29, 1.82) is 0 Å². The molecule has 0 saturated carbocycles. The molecule has 4 rings (SSSR count). The van der Waals surface area contributed by atoms with Gasteiger partial charge in [0.1, 0.15) is 5.82 Å². The molecule has 122 valence electrons. The lowest BCUT2D eigenvalue weighted by Gasteiger charge is -2.37. The molecule has 1 amide bonds. The Morgan fingerprint density at radius 2 is 2.12 bits per heavy atom. The zero-order chi connectivity index (χ0) is 16.7. The van der Waals surface area contributed by atoms with Crippen molar-refractivity contribution in [2.75, 3.05) is 23.3 Å². The number of fused-ring (bicyclic) bond motifs is 1. The highest BCUT2D eigenvalue weighted by molar-refractivity contribution is 7.22. The number of thiazole rings is 1. The van der Waals surface area contributed by atoms with Gasteiger partial charge in [-0.1, -0.05) is 23.5 Å². The number of hydrogen-bond donors (Lipinski definition) is 1. The molecule has 2 aromatic carbocycles. The Morgan fingerprint density at radius 1 is 1.29 bits per heavy atom. The van der Waals surface area contributed by atoms with Gasteiger partial charge in [-0.15, -0.1) is 0 Å². The Labute approximate surface area is 142 Å². The molecule has 1 N–H and O–H groups in total. The first-order chi connectivity index (χ1) is 11.6. The number of nitrogens with one attached hydrogen (secondary N) is 1. The predicted octanol–water partition coefficient (Wildman–Crippen LogP) is 3.82. The molecule has 3 aromatic rings. The summed E-state index contributed by atoms with van der Waals surface area (Å²) in [5.41, 5.74) is 2.70. The number of halogens is 1. The second kappa shape index (κ2) is 5.87. The lowest BCUT2D eigenvalue weighted by atomic mass is 10.00. The summed E-state index contributed by atoms with van der Waals surface area (Å²) in [6, 6.07) is 12.2. The van der Waals surface area contributed by atoms with E-state index >= 15 is 0 Å². The van der Waals surface area contributed by atoms with Crippen LogP contribution >= 0.6 is 11.3 Å². The zero-order valence-electron chi connectivity index (χ0n) is 13.1. The van der Waals surface area contributed by atoms with E-state index in [1.54, 1.807) is 23.5 Å². The first-order valence-electron chi connectivity index (χ1n) is 7.77. The van der Waals surface area contributed by atoms with Gasteiger partial charge >= 0.3 is 0 Å². The van der Waals surface area contributed by atoms with E-state index in [0.717, 1.165) is 15.3 Å². The third-order valence-electron chi connectivity index (χ3n) is 4.15. The number of aryl methyl sites for hydroxylation is 1. The van der Waals surface area contributed by atoms with Crippen LogP contribution in [0.3, 0.4) is 0 Å². The van der Waals surface area contributed by atoms with E-state index in [1.807, 2.05) is 6.07 Å². The van der Waals surface area contributed by atoms with Crippen LogP contribution in [-0.2, 0) is 4.79 Å². The van der Waals surface area contributed by atoms with Gasteiger partial charge in [-0.3, -0.25) is 4.79 Å². The number of rotatable bonds is 3. The van der Waals surface area contributed by atoms with Crippen molar-refractivity contribution < 1.29 is 9.18 Å². The van der Waals surface area contributed by atoms with E-state index in [4.69, 9.17) is 0 Å². The van der Waals surface area contributed by atoms with Crippen molar-refractivity contribution in [1.82, 2.24) is 4.98 Å². The molecule has 1 fully saturated rings. The highest BCUT2D eigenvalue weighted by Gasteiger charge is 2.34. The molecule has 0 atom stereocenters. The topological polar surface area (TPSA) is 45.2 Å². The van der Waals surface area contributed by atoms with Crippen LogP contribution in [0.2, 0.25) is 0 Å². The molecule has 0 unspecified atom stereocenters. The SMILES string of the molecule is Cc1ccc2nc(N3CC(C(=O)Nc4cccc(F)c4)C3)sc2c1. The molecule has 1 aliphatic rings. The average molecular weight is 341 g/mol. The van der Waals surface area contributed by atoms with Crippen LogP contribution in [0.1, 0.15) is 5.56 Å². The van der Waals surface area contributed by atoms with E-state index in [9.17, 15) is 9.18 Å². The lowest BCUT2D eigenvalue weighted by molar-refractivity contribution is -0.120. The van der Waals surface area contributed by atoms with Crippen LogP contribution in [0.25, 0.3) is 10.2 Å². The molecule has 4 nitrogen and oxygen atoms in total. The smallest absolute Gasteiger partial charge is 0.231 e. The zero-order valence-corrected chi connectivity index (χ0v) is 13.9. The molecule has 0 bridgehead atoms. The standard InChI is InChI=1S/C18H16FN3OS/c1-11-5-6-15-16(7-11)24-18(21-15)22-9-12(10-22)17(23)20-14-4-2-3-13(19)8-14/h2-8,12H,9-10H2,1H3,(H,20,23). The second-order valence-electron chi connectivity index (χ2n) is 6.07. The van der Waals surface area contributed by atoms with Gasteiger partial charge in [0.15, 0.2) is 5.13 Å². The Bertz CT molecular complexity index is 918. The monoisotopic (exact) mass is 341 g/mol. The minimum atomic E-state index is -0.354. The highest BCUT2D eigenvalue weighted by atomic mass is 32.1. The molecular formula is C18H16FN3OS. The maximum atomic E-state index is 13.2. The van der Waals surface area contributed by atoms with Crippen LogP contribution < -0.4 is 10.2 Å². The van der Waals surface area contributed by atoms with E-state index < -0.39 is 0 Å². The normalized spacial score (nSPS) is 14.7. The van der Waals surface area contributed by atoms with Gasteiger partial charge in [0.25, 0.3) is 0 Å². The van der Waals surface area contributed by atoms with Crippen molar-refractivity contribution in [3.8, 4) is 0 Å². The number of amides is 1. The van der Waals surface area contributed by atoms with E-state index in [-0.39, 0.29) is 17.6 Å². The van der Waals surface area contributed by atoms with Crippen molar-refractivity contribution in [3.05, 3.63) is 53.8 Å². The van der Waals surface area contributed by atoms with E-state index in [0.29, 0.717) is 18.8 Å². The average Bonchev–Trinajstić information content (AvgIpc) is 2.88. The molecular weight excluding hydrogens is 325 g/mol. The summed E-state index contributed by atoms with van der Waals surface area (Å²) in [5.74, 6) is -0.524. The number of carbonyl (C=O) groups is 1. The van der Waals surface area contributed by atoms with Crippen LogP contribution in [0.4, 0.5) is 15.2 Å². The van der Waals surface area contributed by atoms with Crippen molar-refractivity contribution in [2.45, 2.75) is 6.92 Å². The Morgan fingerprint density at radius 3 is 2.92 bits per heavy atom. The molecule has 24 heavy (non-hydrogen) atoms.